The number of rotatable bonds is 7. The van der Waals surface area contributed by atoms with E-state index in [0.717, 1.165) is 16.7 Å². The van der Waals surface area contributed by atoms with Gasteiger partial charge in [-0.3, -0.25) is 14.3 Å². The summed E-state index contributed by atoms with van der Waals surface area (Å²) in [6.45, 7) is 0.318. The number of H-pyrrole nitrogens is 1. The molecular weight excluding hydrogens is 356 g/mol. The number of carbonyl (C=O) groups excluding carboxylic acids is 1. The summed E-state index contributed by atoms with van der Waals surface area (Å²) < 4.78 is 1.59. The van der Waals surface area contributed by atoms with Crippen LogP contribution in [0.25, 0.3) is 11.0 Å². The summed E-state index contributed by atoms with van der Waals surface area (Å²) in [6.07, 6.45) is 3.71. The monoisotopic (exact) mass is 380 g/mol. The van der Waals surface area contributed by atoms with Gasteiger partial charge in [0.05, 0.1) is 17.1 Å². The van der Waals surface area contributed by atoms with E-state index >= 15 is 0 Å². The number of aliphatic hydroxyl groups excluding tert-OH is 1. The second-order valence-corrected chi connectivity index (χ2v) is 7.43. The molecule has 28 heavy (non-hydrogen) atoms. The maximum absolute atomic E-state index is 12.6. The molecule has 7 heteroatoms. The number of nitrogens with one attached hydrogen (secondary N) is 2. The van der Waals surface area contributed by atoms with Crippen molar-refractivity contribution >= 4 is 16.9 Å². The number of fused-ring (bicyclic) bond motifs is 1. The summed E-state index contributed by atoms with van der Waals surface area (Å²) in [7, 11) is 0. The highest BCUT2D eigenvalue weighted by atomic mass is 16.3. The van der Waals surface area contributed by atoms with Gasteiger partial charge < -0.3 is 15.4 Å². The Morgan fingerprint density at radius 1 is 1.25 bits per heavy atom. The van der Waals surface area contributed by atoms with Crippen LogP contribution < -0.4 is 11.0 Å². The highest BCUT2D eigenvalue weighted by Crippen LogP contribution is 2.31. The molecule has 1 saturated carbocycles. The summed E-state index contributed by atoms with van der Waals surface area (Å²) >= 11 is 0. The van der Waals surface area contributed by atoms with Crippen LogP contribution in [-0.4, -0.2) is 37.7 Å². The van der Waals surface area contributed by atoms with Crippen LogP contribution in [0.15, 0.2) is 53.5 Å². The van der Waals surface area contributed by atoms with Crippen molar-refractivity contribution in [3.05, 3.63) is 64.8 Å². The SMILES string of the molecule is O=C(CCn1c(=O)[nH]c2ccccc21)N[C@@H](Cc1ccccn1)C1CC(O)C1. The zero-order chi connectivity index (χ0) is 19.5. The van der Waals surface area contributed by atoms with Gasteiger partial charge in [-0.25, -0.2) is 4.79 Å². The lowest BCUT2D eigenvalue weighted by atomic mass is 9.76. The van der Waals surface area contributed by atoms with Crippen LogP contribution in [0.1, 0.15) is 25.0 Å². The molecule has 0 bridgehead atoms. The molecule has 7 nitrogen and oxygen atoms in total. The molecule has 1 fully saturated rings. The van der Waals surface area contributed by atoms with Crippen molar-refractivity contribution < 1.29 is 9.90 Å². The Morgan fingerprint density at radius 3 is 2.79 bits per heavy atom. The summed E-state index contributed by atoms with van der Waals surface area (Å²) in [5.41, 5.74) is 2.28. The molecule has 0 saturated heterocycles. The van der Waals surface area contributed by atoms with E-state index in [-0.39, 0.29) is 36.1 Å². The number of aliphatic hydroxyl groups is 1. The van der Waals surface area contributed by atoms with Gasteiger partial charge >= 0.3 is 5.69 Å². The summed E-state index contributed by atoms with van der Waals surface area (Å²) in [4.78, 5) is 31.9. The molecule has 4 rings (SSSR count). The van der Waals surface area contributed by atoms with Gasteiger partial charge in [0.15, 0.2) is 0 Å². The smallest absolute Gasteiger partial charge is 0.326 e. The molecule has 0 radical (unpaired) electrons. The molecule has 1 aliphatic carbocycles. The highest BCUT2D eigenvalue weighted by molar-refractivity contribution is 5.77. The first-order chi connectivity index (χ1) is 13.6. The fraction of sp³-hybridized carbons (Fsp3) is 0.381. The molecule has 2 heterocycles. The van der Waals surface area contributed by atoms with Crippen LogP contribution in [0.3, 0.4) is 0 Å². The molecule has 3 aromatic rings. The number of aromatic amines is 1. The first-order valence-corrected chi connectivity index (χ1v) is 9.65. The van der Waals surface area contributed by atoms with Crippen molar-refractivity contribution in [3.8, 4) is 0 Å². The van der Waals surface area contributed by atoms with E-state index in [0.29, 0.717) is 25.8 Å². The van der Waals surface area contributed by atoms with Gasteiger partial charge in [0, 0.05) is 37.3 Å². The van der Waals surface area contributed by atoms with Gasteiger partial charge in [0.1, 0.15) is 0 Å². The molecule has 1 aliphatic rings. The van der Waals surface area contributed by atoms with E-state index in [1.807, 2.05) is 42.5 Å². The van der Waals surface area contributed by atoms with Gasteiger partial charge in [0.25, 0.3) is 0 Å². The van der Waals surface area contributed by atoms with Gasteiger partial charge in [-0.1, -0.05) is 18.2 Å². The van der Waals surface area contributed by atoms with Crippen LogP contribution >= 0.6 is 0 Å². The molecule has 146 valence electrons. The Bertz CT molecular complexity index is 1010. The van der Waals surface area contributed by atoms with E-state index in [4.69, 9.17) is 0 Å². The molecule has 0 spiro atoms. The second-order valence-electron chi connectivity index (χ2n) is 7.43. The number of aryl methyl sites for hydroxylation is 1. The molecule has 1 atom stereocenters. The Balaban J connectivity index is 1.41. The second kappa shape index (κ2) is 7.98. The van der Waals surface area contributed by atoms with Crippen molar-refractivity contribution in [2.45, 2.75) is 44.4 Å². The predicted molar refractivity (Wildman–Crippen MR) is 106 cm³/mol. The minimum absolute atomic E-state index is 0.0644. The van der Waals surface area contributed by atoms with Crippen molar-refractivity contribution in [3.63, 3.8) is 0 Å². The molecule has 2 aromatic heterocycles. The molecule has 0 unspecified atom stereocenters. The third kappa shape index (κ3) is 3.99. The van der Waals surface area contributed by atoms with Gasteiger partial charge in [-0.15, -0.1) is 0 Å². The fourth-order valence-electron chi connectivity index (χ4n) is 3.86. The first kappa shape index (κ1) is 18.4. The normalized spacial score (nSPS) is 19.9. The molecule has 1 amide bonds. The lowest BCUT2D eigenvalue weighted by molar-refractivity contribution is -0.123. The van der Waals surface area contributed by atoms with E-state index in [9.17, 15) is 14.7 Å². The zero-order valence-electron chi connectivity index (χ0n) is 15.5. The third-order valence-electron chi connectivity index (χ3n) is 5.46. The Morgan fingerprint density at radius 2 is 2.04 bits per heavy atom. The van der Waals surface area contributed by atoms with Crippen molar-refractivity contribution in [2.24, 2.45) is 5.92 Å². The largest absolute Gasteiger partial charge is 0.393 e. The minimum atomic E-state index is -0.280. The number of benzene rings is 1. The predicted octanol–water partition coefficient (Wildman–Crippen LogP) is 1.61. The molecule has 1 aromatic carbocycles. The Kier molecular flexibility index (Phi) is 5.25. The summed E-state index contributed by atoms with van der Waals surface area (Å²) in [5.74, 6) is 0.149. The third-order valence-corrected chi connectivity index (χ3v) is 5.46. The van der Waals surface area contributed by atoms with Gasteiger partial charge in [-0.05, 0) is 43.0 Å². The Labute approximate surface area is 162 Å². The van der Waals surface area contributed by atoms with E-state index in [1.54, 1.807) is 10.8 Å². The maximum atomic E-state index is 12.6. The topological polar surface area (TPSA) is 100 Å². The van der Waals surface area contributed by atoms with Crippen LogP contribution in [0.5, 0.6) is 0 Å². The quantitative estimate of drug-likeness (QED) is 0.580. The lowest BCUT2D eigenvalue weighted by Crippen LogP contribution is -2.48. The summed E-state index contributed by atoms with van der Waals surface area (Å²) in [5, 5.41) is 12.8. The fourth-order valence-corrected chi connectivity index (χ4v) is 3.86. The molecule has 3 N–H and O–H groups in total. The number of para-hydroxylation sites is 2. The van der Waals surface area contributed by atoms with Crippen molar-refractivity contribution in [1.82, 2.24) is 19.9 Å². The van der Waals surface area contributed by atoms with Crippen molar-refractivity contribution in [2.75, 3.05) is 0 Å². The number of hydrogen-bond acceptors (Lipinski definition) is 4. The number of hydrogen-bond donors (Lipinski definition) is 3. The molecular formula is C21H24N4O3. The average Bonchev–Trinajstić information content (AvgIpc) is 2.99. The summed E-state index contributed by atoms with van der Waals surface area (Å²) in [6, 6.07) is 13.1. The van der Waals surface area contributed by atoms with Crippen LogP contribution in [0.2, 0.25) is 0 Å². The number of aromatic nitrogens is 3. The number of amides is 1. The maximum Gasteiger partial charge on any atom is 0.326 e. The van der Waals surface area contributed by atoms with Gasteiger partial charge in [0.2, 0.25) is 5.91 Å². The number of nitrogens with zero attached hydrogens (tertiary/aromatic N) is 2. The first-order valence-electron chi connectivity index (χ1n) is 9.65. The standard InChI is InChI=1S/C21H24N4O3/c26-16-11-14(12-16)18(13-15-5-3-4-9-22-15)23-20(27)8-10-25-19-7-2-1-6-17(19)24-21(25)28/h1-7,9,14,16,18,26H,8,10-13H2,(H,23,27)(H,24,28)/t14?,16?,18-/m0/s1. The minimum Gasteiger partial charge on any atom is -0.393 e. The van der Waals surface area contributed by atoms with E-state index in [2.05, 4.69) is 15.3 Å². The zero-order valence-corrected chi connectivity index (χ0v) is 15.5. The average molecular weight is 380 g/mol. The number of imidazole rings is 1. The lowest BCUT2D eigenvalue weighted by Gasteiger charge is -2.38. The number of pyridine rings is 1. The molecule has 0 aliphatic heterocycles. The van der Waals surface area contributed by atoms with Crippen LogP contribution in [-0.2, 0) is 17.8 Å². The van der Waals surface area contributed by atoms with Crippen LogP contribution in [0.4, 0.5) is 0 Å². The van der Waals surface area contributed by atoms with E-state index < -0.39 is 0 Å². The number of carbonyl (C=O) groups is 1. The van der Waals surface area contributed by atoms with Crippen molar-refractivity contribution in [1.29, 1.82) is 0 Å². The van der Waals surface area contributed by atoms with E-state index in [1.165, 1.54) is 0 Å². The Hall–Kier alpha value is -2.93. The van der Waals surface area contributed by atoms with Gasteiger partial charge in [-0.2, -0.15) is 0 Å². The van der Waals surface area contributed by atoms with Crippen LogP contribution in [0, 0.1) is 5.92 Å². The highest BCUT2D eigenvalue weighted by Gasteiger charge is 2.34.